The lowest BCUT2D eigenvalue weighted by molar-refractivity contribution is -0.384. The molecule has 180 valence electrons. The zero-order valence-electron chi connectivity index (χ0n) is 19.1. The lowest BCUT2D eigenvalue weighted by atomic mass is 10.1. The molecule has 4 aromatic rings. The van der Waals surface area contributed by atoms with Gasteiger partial charge in [0.05, 0.1) is 29.4 Å². The first-order chi connectivity index (χ1) is 17.5. The summed E-state index contributed by atoms with van der Waals surface area (Å²) < 4.78 is 17.0. The number of ether oxygens (including phenoxy) is 2. The third-order valence-electron chi connectivity index (χ3n) is 5.10. The number of nitrogens with zero attached hydrogens (tertiary/aromatic N) is 3. The topological polar surface area (TPSA) is 140 Å². The van der Waals surface area contributed by atoms with Crippen molar-refractivity contribution in [3.8, 4) is 17.6 Å². The predicted octanol–water partition coefficient (Wildman–Crippen LogP) is 4.95. The normalized spacial score (nSPS) is 10.8. The minimum atomic E-state index is -0.605. The van der Waals surface area contributed by atoms with Crippen LogP contribution in [-0.4, -0.2) is 23.7 Å². The number of nitro benzene ring substituents is 1. The number of amides is 1. The molecule has 0 radical (unpaired) electrons. The van der Waals surface area contributed by atoms with Gasteiger partial charge in [0.15, 0.2) is 17.3 Å². The predicted molar refractivity (Wildman–Crippen MR) is 131 cm³/mol. The van der Waals surface area contributed by atoms with Gasteiger partial charge >= 0.3 is 5.91 Å². The Bertz CT molecular complexity index is 1500. The third-order valence-corrected chi connectivity index (χ3v) is 5.10. The van der Waals surface area contributed by atoms with Gasteiger partial charge in [-0.05, 0) is 48.9 Å². The van der Waals surface area contributed by atoms with Gasteiger partial charge in [-0.25, -0.2) is 5.43 Å². The molecule has 0 saturated carbocycles. The van der Waals surface area contributed by atoms with Gasteiger partial charge in [-0.3, -0.25) is 14.9 Å². The van der Waals surface area contributed by atoms with Crippen molar-refractivity contribution in [2.45, 2.75) is 13.5 Å². The zero-order valence-corrected chi connectivity index (χ0v) is 19.1. The fraction of sp³-hybridized carbons (Fsp3) is 0.115. The number of rotatable bonds is 9. The molecule has 10 nitrogen and oxygen atoms in total. The van der Waals surface area contributed by atoms with E-state index in [1.807, 2.05) is 19.1 Å². The fourth-order valence-corrected chi connectivity index (χ4v) is 3.38. The first-order valence-corrected chi connectivity index (χ1v) is 10.9. The molecule has 0 aliphatic heterocycles. The van der Waals surface area contributed by atoms with E-state index in [4.69, 9.17) is 13.9 Å². The van der Waals surface area contributed by atoms with Crippen molar-refractivity contribution in [1.82, 2.24) is 5.43 Å². The summed E-state index contributed by atoms with van der Waals surface area (Å²) in [4.78, 5) is 22.8. The second-order valence-electron chi connectivity index (χ2n) is 7.49. The van der Waals surface area contributed by atoms with Crippen LogP contribution in [0.25, 0.3) is 11.0 Å². The van der Waals surface area contributed by atoms with Gasteiger partial charge in [-0.1, -0.05) is 18.2 Å². The van der Waals surface area contributed by atoms with Crippen LogP contribution in [0.4, 0.5) is 5.69 Å². The van der Waals surface area contributed by atoms with Crippen LogP contribution in [0, 0.1) is 21.4 Å². The van der Waals surface area contributed by atoms with Crippen LogP contribution >= 0.6 is 0 Å². The lowest BCUT2D eigenvalue weighted by Crippen LogP contribution is -2.16. The van der Waals surface area contributed by atoms with Crippen LogP contribution in [0.1, 0.15) is 34.2 Å². The van der Waals surface area contributed by atoms with E-state index >= 15 is 0 Å². The number of non-ortho nitro benzene ring substituents is 1. The second-order valence-corrected chi connectivity index (χ2v) is 7.49. The van der Waals surface area contributed by atoms with Crippen molar-refractivity contribution in [1.29, 1.82) is 5.26 Å². The monoisotopic (exact) mass is 484 g/mol. The SMILES string of the molecule is CCOc1cc(C=NNC(=O)c2cc3cc([N+](=O)[O-])ccc3o2)ccc1OCc1ccccc1C#N. The molecule has 1 amide bonds. The number of fused-ring (bicyclic) bond motifs is 1. The molecule has 1 N–H and O–H groups in total. The first-order valence-electron chi connectivity index (χ1n) is 10.9. The van der Waals surface area contributed by atoms with E-state index in [2.05, 4.69) is 16.6 Å². The van der Waals surface area contributed by atoms with E-state index < -0.39 is 10.8 Å². The average molecular weight is 484 g/mol. The number of hydrogen-bond donors (Lipinski definition) is 1. The Labute approximate surface area is 205 Å². The van der Waals surface area contributed by atoms with E-state index in [0.29, 0.717) is 40.2 Å². The lowest BCUT2D eigenvalue weighted by Gasteiger charge is -2.13. The van der Waals surface area contributed by atoms with Gasteiger partial charge in [-0.2, -0.15) is 10.4 Å². The van der Waals surface area contributed by atoms with Gasteiger partial charge in [0.25, 0.3) is 5.69 Å². The molecule has 1 heterocycles. The molecule has 1 aromatic heterocycles. The van der Waals surface area contributed by atoms with Crippen LogP contribution in [0.15, 0.2) is 76.2 Å². The number of carbonyl (C=O) groups is 1. The highest BCUT2D eigenvalue weighted by Crippen LogP contribution is 2.29. The Morgan fingerprint density at radius 2 is 1.97 bits per heavy atom. The standard InChI is InChI=1S/C26H20N4O6/c1-2-34-24-11-17(7-9-23(24)35-16-19-6-4-3-5-18(19)14-27)15-28-29-26(31)25-13-20-12-21(30(32)33)8-10-22(20)36-25/h3-13,15H,2,16H2,1H3,(H,29,31). The third kappa shape index (κ3) is 5.48. The summed E-state index contributed by atoms with van der Waals surface area (Å²) in [5.74, 6) is 0.355. The Balaban J connectivity index is 1.43. The molecule has 0 spiro atoms. The zero-order chi connectivity index (χ0) is 25.5. The molecule has 0 aliphatic rings. The number of hydrogen-bond acceptors (Lipinski definition) is 8. The van der Waals surface area contributed by atoms with Gasteiger partial charge in [0.2, 0.25) is 0 Å². The second kappa shape index (κ2) is 10.8. The molecular weight excluding hydrogens is 464 g/mol. The summed E-state index contributed by atoms with van der Waals surface area (Å²) in [6.45, 7) is 2.46. The van der Waals surface area contributed by atoms with E-state index in [9.17, 15) is 20.2 Å². The van der Waals surface area contributed by atoms with Crippen molar-refractivity contribution in [2.75, 3.05) is 6.61 Å². The van der Waals surface area contributed by atoms with Gasteiger partial charge in [0, 0.05) is 23.1 Å². The molecule has 36 heavy (non-hydrogen) atoms. The molecule has 3 aromatic carbocycles. The van der Waals surface area contributed by atoms with Gasteiger partial charge < -0.3 is 13.9 Å². The minimum absolute atomic E-state index is 0.0287. The van der Waals surface area contributed by atoms with Crippen molar-refractivity contribution in [2.24, 2.45) is 5.10 Å². The highest BCUT2D eigenvalue weighted by Gasteiger charge is 2.15. The summed E-state index contributed by atoms with van der Waals surface area (Å²) in [7, 11) is 0. The molecule has 0 bridgehead atoms. The summed E-state index contributed by atoms with van der Waals surface area (Å²) >= 11 is 0. The molecule has 0 aliphatic carbocycles. The van der Waals surface area contributed by atoms with Crippen LogP contribution in [0.2, 0.25) is 0 Å². The average Bonchev–Trinajstić information content (AvgIpc) is 3.32. The van der Waals surface area contributed by atoms with Crippen molar-refractivity contribution in [3.63, 3.8) is 0 Å². The maximum atomic E-state index is 12.4. The molecule has 4 rings (SSSR count). The fourth-order valence-electron chi connectivity index (χ4n) is 3.38. The van der Waals surface area contributed by atoms with Crippen LogP contribution in [0.5, 0.6) is 11.5 Å². The van der Waals surface area contributed by atoms with Crippen molar-refractivity contribution >= 4 is 28.8 Å². The molecule has 10 heteroatoms. The molecule has 0 atom stereocenters. The van der Waals surface area contributed by atoms with Crippen LogP contribution in [0.3, 0.4) is 0 Å². The summed E-state index contributed by atoms with van der Waals surface area (Å²) in [5.41, 5.74) is 4.57. The molecule has 0 saturated heterocycles. The van der Waals surface area contributed by atoms with E-state index in [0.717, 1.165) is 5.56 Å². The highest BCUT2D eigenvalue weighted by molar-refractivity contribution is 5.97. The number of benzene rings is 3. The Morgan fingerprint density at radius 3 is 2.75 bits per heavy atom. The Morgan fingerprint density at radius 1 is 1.14 bits per heavy atom. The number of nitriles is 1. The summed E-state index contributed by atoms with van der Waals surface area (Å²) in [5, 5.41) is 24.6. The first kappa shape index (κ1) is 24.0. The van der Waals surface area contributed by atoms with E-state index in [1.54, 1.807) is 30.3 Å². The van der Waals surface area contributed by atoms with Crippen molar-refractivity contribution in [3.05, 3.63) is 99.3 Å². The number of nitro groups is 1. The smallest absolute Gasteiger partial charge is 0.307 e. The largest absolute Gasteiger partial charge is 0.490 e. The maximum Gasteiger partial charge on any atom is 0.307 e. The van der Waals surface area contributed by atoms with E-state index in [-0.39, 0.29) is 18.1 Å². The summed E-state index contributed by atoms with van der Waals surface area (Å²) in [6, 6.07) is 20.0. The Kier molecular flexibility index (Phi) is 7.22. The number of furan rings is 1. The summed E-state index contributed by atoms with van der Waals surface area (Å²) in [6.07, 6.45) is 1.43. The van der Waals surface area contributed by atoms with Gasteiger partial charge in [-0.15, -0.1) is 0 Å². The molecule has 0 fully saturated rings. The van der Waals surface area contributed by atoms with Gasteiger partial charge in [0.1, 0.15) is 12.2 Å². The highest BCUT2D eigenvalue weighted by atomic mass is 16.6. The number of carbonyl (C=O) groups excluding carboxylic acids is 1. The molecule has 0 unspecified atom stereocenters. The number of nitrogens with one attached hydrogen (secondary N) is 1. The van der Waals surface area contributed by atoms with Crippen molar-refractivity contribution < 1.29 is 23.6 Å². The maximum absolute atomic E-state index is 12.4. The van der Waals surface area contributed by atoms with Crippen LogP contribution in [-0.2, 0) is 6.61 Å². The minimum Gasteiger partial charge on any atom is -0.490 e. The van der Waals surface area contributed by atoms with E-state index in [1.165, 1.54) is 30.5 Å². The Hall–Kier alpha value is -5.17. The quantitative estimate of drug-likeness (QED) is 0.201. The molecular formula is C26H20N4O6. The number of hydrazone groups is 1. The van der Waals surface area contributed by atoms with Crippen LogP contribution < -0.4 is 14.9 Å².